The molecule has 1 saturated carbocycles. The average molecular weight is 419 g/mol. The summed E-state index contributed by atoms with van der Waals surface area (Å²) < 4.78 is 5.82. The van der Waals surface area contributed by atoms with Crippen LogP contribution < -0.4 is 10.1 Å². The van der Waals surface area contributed by atoms with Crippen molar-refractivity contribution in [2.24, 2.45) is 11.8 Å². The van der Waals surface area contributed by atoms with E-state index in [0.717, 1.165) is 43.4 Å². The Bertz CT molecular complexity index is 831. The second kappa shape index (κ2) is 8.73. The van der Waals surface area contributed by atoms with E-state index in [2.05, 4.69) is 22.3 Å². The monoisotopic (exact) mass is 418 g/mol. The molecule has 1 aliphatic heterocycles. The first-order valence-electron chi connectivity index (χ1n) is 9.72. The summed E-state index contributed by atoms with van der Waals surface area (Å²) in [6, 6.07) is 13.6. The Balaban J connectivity index is 1.19. The number of rotatable bonds is 8. The number of benzene rings is 2. The third-order valence-electron chi connectivity index (χ3n) is 5.31. The minimum Gasteiger partial charge on any atom is -0.489 e. The van der Waals surface area contributed by atoms with Crippen LogP contribution in [0.15, 0.2) is 42.5 Å². The SMILES string of the molecule is O=C(NCC1CC1)C1CN(Cc2ccc(OCc3ccc(Cl)c(Cl)c3)cc2)C1. The van der Waals surface area contributed by atoms with E-state index in [9.17, 15) is 4.79 Å². The molecule has 0 bridgehead atoms. The second-order valence-electron chi connectivity index (χ2n) is 7.76. The Hall–Kier alpha value is -1.75. The van der Waals surface area contributed by atoms with Crippen LogP contribution in [0.25, 0.3) is 0 Å². The van der Waals surface area contributed by atoms with Crippen LogP contribution in [0.2, 0.25) is 10.0 Å². The number of halogens is 2. The van der Waals surface area contributed by atoms with Crippen LogP contribution in [0.3, 0.4) is 0 Å². The number of nitrogens with one attached hydrogen (secondary N) is 1. The van der Waals surface area contributed by atoms with Gasteiger partial charge in [0.15, 0.2) is 0 Å². The van der Waals surface area contributed by atoms with Crippen molar-refractivity contribution in [3.8, 4) is 5.75 Å². The second-order valence-corrected chi connectivity index (χ2v) is 8.58. The van der Waals surface area contributed by atoms with Gasteiger partial charge in [0.2, 0.25) is 5.91 Å². The van der Waals surface area contributed by atoms with Crippen LogP contribution in [0.4, 0.5) is 0 Å². The molecule has 28 heavy (non-hydrogen) atoms. The summed E-state index contributed by atoms with van der Waals surface area (Å²) >= 11 is 12.0. The summed E-state index contributed by atoms with van der Waals surface area (Å²) in [6.45, 7) is 3.84. The summed E-state index contributed by atoms with van der Waals surface area (Å²) in [5.74, 6) is 1.91. The van der Waals surface area contributed by atoms with Crippen molar-refractivity contribution >= 4 is 29.1 Å². The van der Waals surface area contributed by atoms with E-state index in [-0.39, 0.29) is 11.8 Å². The van der Waals surface area contributed by atoms with Crippen LogP contribution in [-0.2, 0) is 17.9 Å². The van der Waals surface area contributed by atoms with Crippen LogP contribution >= 0.6 is 23.2 Å². The van der Waals surface area contributed by atoms with Crippen molar-refractivity contribution < 1.29 is 9.53 Å². The molecular weight excluding hydrogens is 395 g/mol. The number of carbonyl (C=O) groups is 1. The molecule has 0 atom stereocenters. The molecule has 4 nitrogen and oxygen atoms in total. The van der Waals surface area contributed by atoms with Crippen LogP contribution in [0.5, 0.6) is 5.75 Å². The molecule has 0 aromatic heterocycles. The van der Waals surface area contributed by atoms with E-state index in [1.165, 1.54) is 18.4 Å². The van der Waals surface area contributed by atoms with Crippen molar-refractivity contribution in [1.82, 2.24) is 10.2 Å². The van der Waals surface area contributed by atoms with Gasteiger partial charge < -0.3 is 10.1 Å². The van der Waals surface area contributed by atoms with Gasteiger partial charge in [0, 0.05) is 26.2 Å². The lowest BCUT2D eigenvalue weighted by molar-refractivity contribution is -0.130. The van der Waals surface area contributed by atoms with Gasteiger partial charge in [-0.3, -0.25) is 9.69 Å². The first-order chi connectivity index (χ1) is 13.6. The lowest BCUT2D eigenvalue weighted by Gasteiger charge is -2.38. The highest BCUT2D eigenvalue weighted by Gasteiger charge is 2.33. The van der Waals surface area contributed by atoms with Crippen molar-refractivity contribution in [2.45, 2.75) is 26.0 Å². The molecule has 1 heterocycles. The van der Waals surface area contributed by atoms with Gasteiger partial charge in [-0.1, -0.05) is 41.4 Å². The lowest BCUT2D eigenvalue weighted by Crippen LogP contribution is -2.53. The minimum absolute atomic E-state index is 0.146. The zero-order valence-corrected chi connectivity index (χ0v) is 17.2. The molecule has 6 heteroatoms. The van der Waals surface area contributed by atoms with Crippen LogP contribution in [0.1, 0.15) is 24.0 Å². The van der Waals surface area contributed by atoms with Gasteiger partial charge in [-0.2, -0.15) is 0 Å². The van der Waals surface area contributed by atoms with Crippen LogP contribution in [-0.4, -0.2) is 30.4 Å². The van der Waals surface area contributed by atoms with Gasteiger partial charge in [-0.25, -0.2) is 0 Å². The summed E-state index contributed by atoms with van der Waals surface area (Å²) in [5.41, 5.74) is 2.20. The molecule has 4 rings (SSSR count). The summed E-state index contributed by atoms with van der Waals surface area (Å²) in [5, 5.41) is 4.15. The number of amides is 1. The van der Waals surface area contributed by atoms with E-state index >= 15 is 0 Å². The molecule has 1 saturated heterocycles. The molecule has 2 aliphatic rings. The van der Waals surface area contributed by atoms with Crippen molar-refractivity contribution in [3.63, 3.8) is 0 Å². The maximum atomic E-state index is 12.1. The number of nitrogens with zero attached hydrogens (tertiary/aromatic N) is 1. The zero-order chi connectivity index (χ0) is 19.5. The Morgan fingerprint density at radius 2 is 1.75 bits per heavy atom. The molecule has 2 aromatic carbocycles. The van der Waals surface area contributed by atoms with E-state index < -0.39 is 0 Å². The smallest absolute Gasteiger partial charge is 0.225 e. The number of carbonyl (C=O) groups excluding carboxylic acids is 1. The fourth-order valence-corrected chi connectivity index (χ4v) is 3.64. The fraction of sp³-hybridized carbons (Fsp3) is 0.409. The molecule has 148 valence electrons. The standard InChI is InChI=1S/C22H24Cl2N2O2/c23-20-8-5-17(9-21(20)24)14-28-19-6-3-16(4-7-19)11-26-12-18(13-26)22(27)25-10-15-1-2-15/h3-9,15,18H,1-2,10-14H2,(H,25,27). The van der Waals surface area contributed by atoms with E-state index in [0.29, 0.717) is 16.7 Å². The maximum Gasteiger partial charge on any atom is 0.225 e. The topological polar surface area (TPSA) is 41.6 Å². The highest BCUT2D eigenvalue weighted by molar-refractivity contribution is 6.42. The molecule has 0 spiro atoms. The summed E-state index contributed by atoms with van der Waals surface area (Å²) in [7, 11) is 0. The molecule has 2 aromatic rings. The zero-order valence-electron chi connectivity index (χ0n) is 15.7. The largest absolute Gasteiger partial charge is 0.489 e. The Kier molecular flexibility index (Phi) is 6.10. The highest BCUT2D eigenvalue weighted by atomic mass is 35.5. The van der Waals surface area contributed by atoms with Gasteiger partial charge in [-0.05, 0) is 54.2 Å². The van der Waals surface area contributed by atoms with Crippen molar-refractivity contribution in [3.05, 3.63) is 63.6 Å². The molecule has 1 N–H and O–H groups in total. The molecule has 0 unspecified atom stereocenters. The van der Waals surface area contributed by atoms with Crippen molar-refractivity contribution in [1.29, 1.82) is 0 Å². The van der Waals surface area contributed by atoms with Gasteiger partial charge in [0.05, 0.1) is 16.0 Å². The molecule has 1 aliphatic carbocycles. The first-order valence-corrected chi connectivity index (χ1v) is 10.5. The Morgan fingerprint density at radius 3 is 2.43 bits per heavy atom. The number of hydrogen-bond acceptors (Lipinski definition) is 3. The summed E-state index contributed by atoms with van der Waals surface area (Å²) in [4.78, 5) is 14.4. The first kappa shape index (κ1) is 19.6. The van der Waals surface area contributed by atoms with E-state index in [1.54, 1.807) is 6.07 Å². The average Bonchev–Trinajstić information content (AvgIpc) is 3.49. The minimum atomic E-state index is 0.146. The van der Waals surface area contributed by atoms with Crippen LogP contribution in [0, 0.1) is 11.8 Å². The van der Waals surface area contributed by atoms with E-state index in [1.807, 2.05) is 24.3 Å². The maximum absolute atomic E-state index is 12.1. The van der Waals surface area contributed by atoms with E-state index in [4.69, 9.17) is 27.9 Å². The molecular formula is C22H24Cl2N2O2. The predicted molar refractivity (Wildman–Crippen MR) is 112 cm³/mol. The quantitative estimate of drug-likeness (QED) is 0.684. The van der Waals surface area contributed by atoms with Gasteiger partial charge in [0.1, 0.15) is 12.4 Å². The van der Waals surface area contributed by atoms with Gasteiger partial charge in [0.25, 0.3) is 0 Å². The Labute approximate surface area is 175 Å². The van der Waals surface area contributed by atoms with Gasteiger partial charge in [-0.15, -0.1) is 0 Å². The normalized spacial score (nSPS) is 17.2. The third kappa shape index (κ3) is 5.19. The number of likely N-dealkylation sites (tertiary alicyclic amines) is 1. The van der Waals surface area contributed by atoms with Crippen molar-refractivity contribution in [2.75, 3.05) is 19.6 Å². The molecule has 0 radical (unpaired) electrons. The predicted octanol–water partition coefficient (Wildman–Crippen LogP) is 4.53. The number of ether oxygens (including phenoxy) is 1. The lowest BCUT2D eigenvalue weighted by atomic mass is 9.98. The molecule has 2 fully saturated rings. The third-order valence-corrected chi connectivity index (χ3v) is 6.05. The van der Waals surface area contributed by atoms with Gasteiger partial charge >= 0.3 is 0 Å². The number of hydrogen-bond donors (Lipinski definition) is 1. The summed E-state index contributed by atoms with van der Waals surface area (Å²) in [6.07, 6.45) is 2.54. The Morgan fingerprint density at radius 1 is 1.04 bits per heavy atom. The molecule has 1 amide bonds. The fourth-order valence-electron chi connectivity index (χ4n) is 3.32. The highest BCUT2D eigenvalue weighted by Crippen LogP contribution is 2.28.